The number of carbonyl (C=O) groups excluding carboxylic acids is 1. The highest BCUT2D eigenvalue weighted by molar-refractivity contribution is 7.15. The molecule has 0 bridgehead atoms. The Labute approximate surface area is 146 Å². The molecule has 0 aliphatic rings. The van der Waals surface area contributed by atoms with Gasteiger partial charge in [0.1, 0.15) is 16.7 Å². The zero-order chi connectivity index (χ0) is 16.5. The highest BCUT2D eigenvalue weighted by Crippen LogP contribution is 2.31. The molecule has 7 heteroatoms. The quantitative estimate of drug-likeness (QED) is 0.594. The molecule has 0 unspecified atom stereocenters. The third-order valence-electron chi connectivity index (χ3n) is 3.52. The van der Waals surface area contributed by atoms with Gasteiger partial charge in [0, 0.05) is 0 Å². The molecule has 0 fully saturated rings. The van der Waals surface area contributed by atoms with Crippen LogP contribution in [-0.2, 0) is 0 Å². The number of nitrogens with zero attached hydrogens (tertiary/aromatic N) is 3. The molecule has 4 aromatic rings. The van der Waals surface area contributed by atoms with E-state index in [4.69, 9.17) is 0 Å². The van der Waals surface area contributed by atoms with Crippen LogP contribution in [0.3, 0.4) is 0 Å². The second-order valence-electron chi connectivity index (χ2n) is 5.17. The summed E-state index contributed by atoms with van der Waals surface area (Å²) in [6.45, 7) is 1.90. The summed E-state index contributed by atoms with van der Waals surface area (Å²) >= 11 is 2.64. The molecule has 1 amide bonds. The van der Waals surface area contributed by atoms with Gasteiger partial charge in [0.25, 0.3) is 5.91 Å². The zero-order valence-corrected chi connectivity index (χ0v) is 14.3. The van der Waals surface area contributed by atoms with Gasteiger partial charge in [0.05, 0.1) is 27.3 Å². The van der Waals surface area contributed by atoms with E-state index in [0.717, 1.165) is 32.7 Å². The van der Waals surface area contributed by atoms with Crippen molar-refractivity contribution in [2.75, 3.05) is 5.32 Å². The van der Waals surface area contributed by atoms with E-state index in [9.17, 15) is 4.79 Å². The zero-order valence-electron chi connectivity index (χ0n) is 12.7. The minimum absolute atomic E-state index is 0.237. The van der Waals surface area contributed by atoms with Crippen molar-refractivity contribution in [1.82, 2.24) is 13.7 Å². The number of thiazole rings is 1. The molecule has 2 heterocycles. The monoisotopic (exact) mass is 352 g/mol. The van der Waals surface area contributed by atoms with Crippen LogP contribution in [0.25, 0.3) is 21.5 Å². The van der Waals surface area contributed by atoms with Gasteiger partial charge >= 0.3 is 0 Å². The Balaban J connectivity index is 1.72. The lowest BCUT2D eigenvalue weighted by molar-refractivity contribution is 0.102. The van der Waals surface area contributed by atoms with E-state index in [1.165, 1.54) is 11.3 Å². The van der Waals surface area contributed by atoms with Crippen molar-refractivity contribution in [3.05, 3.63) is 59.2 Å². The molecule has 24 heavy (non-hydrogen) atoms. The van der Waals surface area contributed by atoms with E-state index in [1.54, 1.807) is 0 Å². The van der Waals surface area contributed by atoms with E-state index >= 15 is 0 Å². The summed E-state index contributed by atoms with van der Waals surface area (Å²) in [6, 6.07) is 15.4. The third-order valence-corrected chi connectivity index (χ3v) is 5.08. The van der Waals surface area contributed by atoms with Crippen molar-refractivity contribution >= 4 is 45.7 Å². The van der Waals surface area contributed by atoms with E-state index in [-0.39, 0.29) is 5.91 Å². The third kappa shape index (κ3) is 2.68. The number of hydrogen-bond donors (Lipinski definition) is 1. The highest BCUT2D eigenvalue weighted by atomic mass is 32.1. The van der Waals surface area contributed by atoms with Gasteiger partial charge in [0.2, 0.25) is 0 Å². The molecule has 0 saturated carbocycles. The number of aromatic nitrogens is 3. The largest absolute Gasteiger partial charge is 0.319 e. The number of aryl methyl sites for hydroxylation is 1. The molecule has 0 radical (unpaired) electrons. The van der Waals surface area contributed by atoms with Crippen molar-refractivity contribution in [3.8, 4) is 10.4 Å². The topological polar surface area (TPSA) is 67.8 Å². The van der Waals surface area contributed by atoms with Crippen LogP contribution in [0, 0.1) is 6.92 Å². The van der Waals surface area contributed by atoms with Gasteiger partial charge in [-0.3, -0.25) is 4.79 Å². The van der Waals surface area contributed by atoms with Crippen LogP contribution in [0.5, 0.6) is 0 Å². The number of hydrogen-bond acceptors (Lipinski definition) is 6. The number of fused-ring (bicyclic) bond motifs is 1. The first-order valence-electron chi connectivity index (χ1n) is 7.28. The molecule has 4 rings (SSSR count). The fourth-order valence-corrected chi connectivity index (χ4v) is 3.93. The molecule has 2 aromatic heterocycles. The number of carbonyl (C=O) groups is 1. The Kier molecular flexibility index (Phi) is 3.79. The van der Waals surface area contributed by atoms with Gasteiger partial charge in [-0.15, -0.1) is 11.3 Å². The van der Waals surface area contributed by atoms with Crippen LogP contribution in [-0.4, -0.2) is 19.6 Å². The predicted octanol–water partition coefficient (Wildman–Crippen LogP) is 4.38. The molecule has 2 aromatic carbocycles. The van der Waals surface area contributed by atoms with Gasteiger partial charge in [-0.25, -0.2) is 4.98 Å². The Bertz CT molecular complexity index is 1020. The first-order valence-corrected chi connectivity index (χ1v) is 8.82. The van der Waals surface area contributed by atoms with Crippen molar-refractivity contribution < 1.29 is 4.79 Å². The number of amides is 1. The molecule has 0 saturated heterocycles. The van der Waals surface area contributed by atoms with E-state index in [1.807, 2.05) is 55.5 Å². The fraction of sp³-hybridized carbons (Fsp3) is 0.0588. The summed E-state index contributed by atoms with van der Waals surface area (Å²) < 4.78 is 8.44. The molecule has 0 spiro atoms. The van der Waals surface area contributed by atoms with E-state index < -0.39 is 0 Å². The lowest BCUT2D eigenvalue weighted by Crippen LogP contribution is -2.13. The lowest BCUT2D eigenvalue weighted by atomic mass is 10.1. The van der Waals surface area contributed by atoms with Crippen LogP contribution in [0.15, 0.2) is 48.5 Å². The average molecular weight is 352 g/mol. The van der Waals surface area contributed by atoms with Gasteiger partial charge in [-0.05, 0) is 24.6 Å². The molecule has 0 aliphatic carbocycles. The van der Waals surface area contributed by atoms with Crippen LogP contribution < -0.4 is 5.32 Å². The molecule has 118 valence electrons. The number of anilines is 1. The maximum Gasteiger partial charge on any atom is 0.275 e. The first-order chi connectivity index (χ1) is 11.7. The number of rotatable bonds is 3. The van der Waals surface area contributed by atoms with E-state index in [2.05, 4.69) is 19.0 Å². The smallest absolute Gasteiger partial charge is 0.275 e. The summed E-state index contributed by atoms with van der Waals surface area (Å²) in [7, 11) is 0. The van der Waals surface area contributed by atoms with Gasteiger partial charge in [0.15, 0.2) is 0 Å². The molecule has 5 nitrogen and oxygen atoms in total. The summed E-state index contributed by atoms with van der Waals surface area (Å²) in [5.74, 6) is -0.237. The maximum absolute atomic E-state index is 12.8. The Morgan fingerprint density at radius 2 is 1.88 bits per heavy atom. The van der Waals surface area contributed by atoms with Crippen LogP contribution in [0.4, 0.5) is 5.69 Å². The van der Waals surface area contributed by atoms with Crippen LogP contribution in [0.2, 0.25) is 0 Å². The Morgan fingerprint density at radius 1 is 1.04 bits per heavy atom. The normalized spacial score (nSPS) is 10.9. The minimum atomic E-state index is -0.237. The molecular weight excluding hydrogens is 340 g/mol. The lowest BCUT2D eigenvalue weighted by Gasteiger charge is -2.05. The maximum atomic E-state index is 12.8. The van der Waals surface area contributed by atoms with Crippen LogP contribution in [0.1, 0.15) is 15.5 Å². The molecule has 0 atom stereocenters. The van der Waals surface area contributed by atoms with Gasteiger partial charge < -0.3 is 5.32 Å². The highest BCUT2D eigenvalue weighted by Gasteiger charge is 2.19. The van der Waals surface area contributed by atoms with Crippen molar-refractivity contribution in [1.29, 1.82) is 0 Å². The van der Waals surface area contributed by atoms with Gasteiger partial charge in [-0.2, -0.15) is 8.75 Å². The van der Waals surface area contributed by atoms with Gasteiger partial charge in [-0.1, -0.05) is 36.4 Å². The fourth-order valence-electron chi connectivity index (χ4n) is 2.45. The number of benzene rings is 2. The summed E-state index contributed by atoms with van der Waals surface area (Å²) in [5, 5.41) is 3.77. The first kappa shape index (κ1) is 14.9. The Morgan fingerprint density at radius 3 is 2.71 bits per heavy atom. The molecule has 0 aliphatic heterocycles. The Hall–Kier alpha value is -2.64. The molecule has 1 N–H and O–H groups in total. The summed E-state index contributed by atoms with van der Waals surface area (Å²) in [6.07, 6.45) is 0. The SMILES string of the molecule is Cc1nc(C(=O)Nc2cccc3nsnc23)c(-c2ccccc2)s1. The summed E-state index contributed by atoms with van der Waals surface area (Å²) in [4.78, 5) is 18.1. The minimum Gasteiger partial charge on any atom is -0.319 e. The van der Waals surface area contributed by atoms with Crippen molar-refractivity contribution in [3.63, 3.8) is 0 Å². The second kappa shape index (κ2) is 6.10. The van der Waals surface area contributed by atoms with Crippen molar-refractivity contribution in [2.45, 2.75) is 6.92 Å². The van der Waals surface area contributed by atoms with E-state index in [0.29, 0.717) is 16.9 Å². The number of nitrogens with one attached hydrogen (secondary N) is 1. The summed E-state index contributed by atoms with van der Waals surface area (Å²) in [5.41, 5.74) is 3.54. The van der Waals surface area contributed by atoms with Crippen molar-refractivity contribution in [2.24, 2.45) is 0 Å². The molecular formula is C17H12N4OS2. The second-order valence-corrected chi connectivity index (χ2v) is 6.90. The average Bonchev–Trinajstić information content (AvgIpc) is 3.22. The standard InChI is InChI=1S/C17H12N4OS2/c1-10-18-15(16(23-10)11-6-3-2-4-7-11)17(22)19-12-8-5-9-13-14(12)21-24-20-13/h2-9H,1H3,(H,19,22). The van der Waals surface area contributed by atoms with Crippen LogP contribution >= 0.6 is 23.1 Å². The predicted molar refractivity (Wildman–Crippen MR) is 97.7 cm³/mol.